The van der Waals surface area contributed by atoms with Crippen LogP contribution in [0.3, 0.4) is 0 Å². The van der Waals surface area contributed by atoms with Gasteiger partial charge < -0.3 is 9.88 Å². The van der Waals surface area contributed by atoms with Crippen molar-refractivity contribution in [2.75, 3.05) is 20.1 Å². The highest BCUT2D eigenvalue weighted by Crippen LogP contribution is 2.23. The standard InChI is InChI=1S/C21H25ClN4/c1-23-18-8-5-11-25(14-18)15-21-24-19-12-17(22)9-10-20(19)26(21)13-16-6-3-2-4-7-16/h2-4,6-7,9-10,12,18,23H,5,8,11,13-15H2,1H3. The Morgan fingerprint density at radius 1 is 1.15 bits per heavy atom. The summed E-state index contributed by atoms with van der Waals surface area (Å²) in [6, 6.07) is 17.2. The van der Waals surface area contributed by atoms with Gasteiger partial charge in [-0.2, -0.15) is 0 Å². The summed E-state index contributed by atoms with van der Waals surface area (Å²) in [5.41, 5.74) is 3.41. The summed E-state index contributed by atoms with van der Waals surface area (Å²) in [4.78, 5) is 7.44. The highest BCUT2D eigenvalue weighted by Gasteiger charge is 2.21. The third-order valence-corrected chi connectivity index (χ3v) is 5.49. The van der Waals surface area contributed by atoms with Gasteiger partial charge in [-0.25, -0.2) is 4.98 Å². The monoisotopic (exact) mass is 368 g/mol. The Labute approximate surface area is 159 Å². The number of benzene rings is 2. The lowest BCUT2D eigenvalue weighted by molar-refractivity contribution is 0.182. The van der Waals surface area contributed by atoms with Crippen molar-refractivity contribution in [2.45, 2.75) is 32.0 Å². The smallest absolute Gasteiger partial charge is 0.124 e. The third-order valence-electron chi connectivity index (χ3n) is 5.25. The molecule has 0 bridgehead atoms. The average molecular weight is 369 g/mol. The Morgan fingerprint density at radius 3 is 2.81 bits per heavy atom. The maximum Gasteiger partial charge on any atom is 0.124 e. The van der Waals surface area contributed by atoms with Crippen LogP contribution in [0.25, 0.3) is 11.0 Å². The maximum atomic E-state index is 6.20. The lowest BCUT2D eigenvalue weighted by atomic mass is 10.1. The van der Waals surface area contributed by atoms with Gasteiger partial charge in [0.05, 0.1) is 17.6 Å². The van der Waals surface area contributed by atoms with E-state index in [4.69, 9.17) is 16.6 Å². The summed E-state index contributed by atoms with van der Waals surface area (Å²) >= 11 is 6.20. The van der Waals surface area contributed by atoms with Gasteiger partial charge in [0.15, 0.2) is 0 Å². The zero-order valence-corrected chi connectivity index (χ0v) is 15.9. The highest BCUT2D eigenvalue weighted by atomic mass is 35.5. The molecule has 1 N–H and O–H groups in total. The van der Waals surface area contributed by atoms with E-state index in [0.29, 0.717) is 6.04 Å². The third kappa shape index (κ3) is 3.78. The van der Waals surface area contributed by atoms with E-state index in [1.54, 1.807) is 0 Å². The molecule has 5 heteroatoms. The van der Waals surface area contributed by atoms with Gasteiger partial charge in [-0.05, 0) is 50.2 Å². The van der Waals surface area contributed by atoms with Crippen molar-refractivity contribution < 1.29 is 0 Å². The number of likely N-dealkylation sites (tertiary alicyclic amines) is 1. The van der Waals surface area contributed by atoms with Gasteiger partial charge in [-0.3, -0.25) is 4.90 Å². The Hall–Kier alpha value is -1.88. The predicted octanol–water partition coefficient (Wildman–Crippen LogP) is 3.92. The zero-order valence-electron chi connectivity index (χ0n) is 15.2. The molecule has 0 radical (unpaired) electrons. The van der Waals surface area contributed by atoms with Crippen LogP contribution in [0.2, 0.25) is 5.02 Å². The van der Waals surface area contributed by atoms with Gasteiger partial charge in [0.2, 0.25) is 0 Å². The maximum absolute atomic E-state index is 6.20. The Kier molecular flexibility index (Phi) is 5.25. The van der Waals surface area contributed by atoms with E-state index < -0.39 is 0 Å². The summed E-state index contributed by atoms with van der Waals surface area (Å²) in [5.74, 6) is 1.11. The molecule has 1 unspecified atom stereocenters. The number of nitrogens with zero attached hydrogens (tertiary/aromatic N) is 3. The van der Waals surface area contributed by atoms with Gasteiger partial charge in [0.25, 0.3) is 0 Å². The number of likely N-dealkylation sites (N-methyl/N-ethyl adjacent to an activating group) is 1. The molecule has 0 spiro atoms. The molecule has 4 rings (SSSR count). The molecule has 3 aromatic rings. The fourth-order valence-corrected chi connectivity index (χ4v) is 4.02. The number of imidazole rings is 1. The van der Waals surface area contributed by atoms with Gasteiger partial charge >= 0.3 is 0 Å². The van der Waals surface area contributed by atoms with Crippen LogP contribution < -0.4 is 5.32 Å². The number of rotatable bonds is 5. The first kappa shape index (κ1) is 17.5. The topological polar surface area (TPSA) is 33.1 Å². The van der Waals surface area contributed by atoms with E-state index in [0.717, 1.165) is 48.1 Å². The predicted molar refractivity (Wildman–Crippen MR) is 108 cm³/mol. The molecule has 1 saturated heterocycles. The number of fused-ring (bicyclic) bond motifs is 1. The van der Waals surface area contributed by atoms with E-state index >= 15 is 0 Å². The summed E-state index contributed by atoms with van der Waals surface area (Å²) in [6.45, 7) is 3.91. The lowest BCUT2D eigenvalue weighted by Crippen LogP contribution is -2.44. The molecular formula is C21H25ClN4. The Balaban J connectivity index is 1.67. The molecule has 1 atom stereocenters. The molecule has 1 aliphatic rings. The Bertz CT molecular complexity index is 874. The largest absolute Gasteiger partial charge is 0.322 e. The van der Waals surface area contributed by atoms with E-state index in [1.807, 2.05) is 12.1 Å². The van der Waals surface area contributed by atoms with Crippen LogP contribution in [0.15, 0.2) is 48.5 Å². The van der Waals surface area contributed by atoms with Crippen molar-refractivity contribution in [1.29, 1.82) is 0 Å². The van der Waals surface area contributed by atoms with Crippen molar-refractivity contribution in [3.8, 4) is 0 Å². The van der Waals surface area contributed by atoms with Crippen molar-refractivity contribution in [3.63, 3.8) is 0 Å². The second-order valence-corrected chi connectivity index (χ2v) is 7.53. The molecule has 2 heterocycles. The minimum Gasteiger partial charge on any atom is -0.322 e. The fraction of sp³-hybridized carbons (Fsp3) is 0.381. The van der Waals surface area contributed by atoms with Crippen LogP contribution in [-0.2, 0) is 13.1 Å². The number of hydrogen-bond acceptors (Lipinski definition) is 3. The Morgan fingerprint density at radius 2 is 2.00 bits per heavy atom. The first-order chi connectivity index (χ1) is 12.7. The zero-order chi connectivity index (χ0) is 17.9. The molecular weight excluding hydrogens is 344 g/mol. The van der Waals surface area contributed by atoms with Gasteiger partial charge in [0.1, 0.15) is 5.82 Å². The van der Waals surface area contributed by atoms with Gasteiger partial charge in [-0.15, -0.1) is 0 Å². The number of hydrogen-bond donors (Lipinski definition) is 1. The molecule has 0 amide bonds. The average Bonchev–Trinajstić information content (AvgIpc) is 2.99. The summed E-state index contributed by atoms with van der Waals surface area (Å²) in [6.07, 6.45) is 2.49. The van der Waals surface area contributed by atoms with Gasteiger partial charge in [0, 0.05) is 24.2 Å². The number of aromatic nitrogens is 2. The normalized spacial score (nSPS) is 18.5. The molecule has 0 aliphatic carbocycles. The van der Waals surface area contributed by atoms with Crippen molar-refractivity contribution in [2.24, 2.45) is 0 Å². The number of halogens is 1. The van der Waals surface area contributed by atoms with Crippen LogP contribution in [0.5, 0.6) is 0 Å². The summed E-state index contributed by atoms with van der Waals surface area (Å²) < 4.78 is 2.34. The van der Waals surface area contributed by atoms with Crippen LogP contribution >= 0.6 is 11.6 Å². The number of nitrogens with one attached hydrogen (secondary N) is 1. The summed E-state index contributed by atoms with van der Waals surface area (Å²) in [7, 11) is 2.06. The highest BCUT2D eigenvalue weighted by molar-refractivity contribution is 6.31. The van der Waals surface area contributed by atoms with Crippen LogP contribution in [0, 0.1) is 0 Å². The molecule has 1 fully saturated rings. The first-order valence-electron chi connectivity index (χ1n) is 9.31. The minimum atomic E-state index is 0.574. The molecule has 0 saturated carbocycles. The molecule has 2 aromatic carbocycles. The van der Waals surface area contributed by atoms with Gasteiger partial charge in [-0.1, -0.05) is 41.9 Å². The molecule has 26 heavy (non-hydrogen) atoms. The van der Waals surface area contributed by atoms with Crippen molar-refractivity contribution >= 4 is 22.6 Å². The number of piperidine rings is 1. The fourth-order valence-electron chi connectivity index (χ4n) is 3.85. The van der Waals surface area contributed by atoms with E-state index in [9.17, 15) is 0 Å². The van der Waals surface area contributed by atoms with Crippen LogP contribution in [0.4, 0.5) is 0 Å². The van der Waals surface area contributed by atoms with Crippen molar-refractivity contribution in [1.82, 2.24) is 19.8 Å². The molecule has 136 valence electrons. The second kappa shape index (κ2) is 7.78. The van der Waals surface area contributed by atoms with Crippen LogP contribution in [-0.4, -0.2) is 40.6 Å². The first-order valence-corrected chi connectivity index (χ1v) is 9.69. The lowest BCUT2D eigenvalue weighted by Gasteiger charge is -2.32. The molecule has 1 aromatic heterocycles. The summed E-state index contributed by atoms with van der Waals surface area (Å²) in [5, 5.41) is 4.16. The van der Waals surface area contributed by atoms with E-state index in [2.05, 4.69) is 58.2 Å². The minimum absolute atomic E-state index is 0.574. The molecule has 1 aliphatic heterocycles. The second-order valence-electron chi connectivity index (χ2n) is 7.10. The van der Waals surface area contributed by atoms with Crippen LogP contribution in [0.1, 0.15) is 24.2 Å². The van der Waals surface area contributed by atoms with E-state index in [1.165, 1.54) is 18.4 Å². The quantitative estimate of drug-likeness (QED) is 0.740. The SMILES string of the molecule is CNC1CCCN(Cc2nc3cc(Cl)ccc3n2Cc2ccccc2)C1. The van der Waals surface area contributed by atoms with Crippen molar-refractivity contribution in [3.05, 3.63) is 64.9 Å². The molecule has 4 nitrogen and oxygen atoms in total. The van der Waals surface area contributed by atoms with E-state index in [-0.39, 0.29) is 0 Å².